The average molecular weight is 335 g/mol. The summed E-state index contributed by atoms with van der Waals surface area (Å²) in [6, 6.07) is 9.99. The molecule has 104 valence electrons. The summed E-state index contributed by atoms with van der Waals surface area (Å²) in [7, 11) is 0. The molecule has 1 aromatic carbocycles. The summed E-state index contributed by atoms with van der Waals surface area (Å²) >= 11 is 3.57. The second-order valence-electron chi connectivity index (χ2n) is 4.83. The molecule has 1 aliphatic heterocycles. The molecule has 1 amide bonds. The number of nitrogens with one attached hydrogen (secondary N) is 2. The van der Waals surface area contributed by atoms with E-state index in [-0.39, 0.29) is 11.9 Å². The number of aromatic nitrogens is 2. The Kier molecular flexibility index (Phi) is 3.73. The third-order valence-electron chi connectivity index (χ3n) is 3.46. The minimum absolute atomic E-state index is 0.0959. The maximum absolute atomic E-state index is 12.0. The molecule has 0 spiro atoms. The van der Waals surface area contributed by atoms with E-state index in [9.17, 15) is 4.79 Å². The summed E-state index contributed by atoms with van der Waals surface area (Å²) in [6.45, 7) is 1.76. The largest absolute Gasteiger partial charge is 0.368 e. The Bertz CT molecular complexity index is 599. The lowest BCUT2D eigenvalue weighted by atomic mass is 10.2. The van der Waals surface area contributed by atoms with Gasteiger partial charge in [-0.15, -0.1) is 0 Å². The van der Waals surface area contributed by atoms with Crippen molar-refractivity contribution in [2.45, 2.75) is 12.5 Å². The van der Waals surface area contributed by atoms with Gasteiger partial charge in [0.2, 0.25) is 0 Å². The van der Waals surface area contributed by atoms with Crippen molar-refractivity contribution in [1.82, 2.24) is 15.5 Å². The second kappa shape index (κ2) is 5.66. The number of halogens is 1. The number of H-pyrrole nitrogens is 1. The minimum atomic E-state index is -0.0959. The van der Waals surface area contributed by atoms with Gasteiger partial charge < -0.3 is 10.2 Å². The summed E-state index contributed by atoms with van der Waals surface area (Å²) in [5.41, 5.74) is 1.68. The van der Waals surface area contributed by atoms with Crippen LogP contribution >= 0.6 is 15.9 Å². The van der Waals surface area contributed by atoms with Gasteiger partial charge in [-0.25, -0.2) is 0 Å². The number of anilines is 1. The first kappa shape index (κ1) is 13.2. The van der Waals surface area contributed by atoms with Gasteiger partial charge >= 0.3 is 0 Å². The second-order valence-corrected chi connectivity index (χ2v) is 5.68. The number of hydrogen-bond donors (Lipinski definition) is 2. The number of benzene rings is 1. The lowest BCUT2D eigenvalue weighted by Gasteiger charge is -2.20. The fourth-order valence-corrected chi connectivity index (χ4v) is 2.99. The fraction of sp³-hybridized carbons (Fsp3) is 0.286. The van der Waals surface area contributed by atoms with E-state index in [2.05, 4.69) is 42.4 Å². The maximum atomic E-state index is 12.0. The van der Waals surface area contributed by atoms with E-state index in [4.69, 9.17) is 0 Å². The van der Waals surface area contributed by atoms with Crippen LogP contribution in [0, 0.1) is 0 Å². The lowest BCUT2D eigenvalue weighted by Crippen LogP contribution is -2.37. The van der Waals surface area contributed by atoms with Gasteiger partial charge in [-0.05, 0) is 40.5 Å². The van der Waals surface area contributed by atoms with Gasteiger partial charge in [0.1, 0.15) is 5.69 Å². The highest BCUT2D eigenvalue weighted by molar-refractivity contribution is 9.10. The molecule has 0 radical (unpaired) electrons. The molecule has 0 aliphatic carbocycles. The predicted octanol–water partition coefficient (Wildman–Crippen LogP) is 2.18. The Morgan fingerprint density at radius 1 is 1.40 bits per heavy atom. The molecule has 1 aliphatic rings. The first-order valence-electron chi connectivity index (χ1n) is 6.54. The third kappa shape index (κ3) is 2.70. The van der Waals surface area contributed by atoms with Crippen molar-refractivity contribution in [3.05, 3.63) is 46.7 Å². The fourth-order valence-electron chi connectivity index (χ4n) is 2.45. The molecular weight excluding hydrogens is 320 g/mol. The van der Waals surface area contributed by atoms with Gasteiger partial charge in [0.15, 0.2) is 0 Å². The molecule has 20 heavy (non-hydrogen) atoms. The van der Waals surface area contributed by atoms with Crippen molar-refractivity contribution in [2.24, 2.45) is 0 Å². The molecule has 1 aromatic heterocycles. The van der Waals surface area contributed by atoms with Crippen LogP contribution in [-0.2, 0) is 0 Å². The zero-order valence-electron chi connectivity index (χ0n) is 10.8. The van der Waals surface area contributed by atoms with E-state index in [0.717, 1.165) is 24.0 Å². The van der Waals surface area contributed by atoms with Crippen molar-refractivity contribution < 1.29 is 4.79 Å². The lowest BCUT2D eigenvalue weighted by molar-refractivity contribution is 0.0935. The van der Waals surface area contributed by atoms with Crippen LogP contribution in [0.15, 0.2) is 41.0 Å². The molecule has 0 bridgehead atoms. The topological polar surface area (TPSA) is 61.0 Å². The standard InChI is InChI=1S/C14H15BrN4O/c15-11-3-1-2-4-13(11)19-8-6-10(9-19)17-14(20)12-5-7-16-18-12/h1-5,7,10H,6,8-9H2,(H,16,18)(H,17,20)/t10-/m1/s1. The summed E-state index contributed by atoms with van der Waals surface area (Å²) < 4.78 is 1.08. The zero-order valence-corrected chi connectivity index (χ0v) is 12.4. The Morgan fingerprint density at radius 2 is 2.25 bits per heavy atom. The number of para-hydroxylation sites is 1. The highest BCUT2D eigenvalue weighted by atomic mass is 79.9. The Balaban J connectivity index is 1.63. The summed E-state index contributed by atoms with van der Waals surface area (Å²) in [5.74, 6) is -0.0959. The minimum Gasteiger partial charge on any atom is -0.368 e. The van der Waals surface area contributed by atoms with Gasteiger partial charge in [0.25, 0.3) is 5.91 Å². The van der Waals surface area contributed by atoms with E-state index in [0.29, 0.717) is 5.69 Å². The first-order chi connectivity index (χ1) is 9.74. The molecule has 2 heterocycles. The number of carbonyl (C=O) groups excluding carboxylic acids is 1. The zero-order chi connectivity index (χ0) is 13.9. The summed E-state index contributed by atoms with van der Waals surface area (Å²) in [4.78, 5) is 14.2. The highest BCUT2D eigenvalue weighted by Crippen LogP contribution is 2.28. The molecule has 1 saturated heterocycles. The normalized spacial score (nSPS) is 18.2. The number of rotatable bonds is 3. The molecule has 1 atom stereocenters. The van der Waals surface area contributed by atoms with Crippen LogP contribution in [0.5, 0.6) is 0 Å². The Morgan fingerprint density at radius 3 is 3.00 bits per heavy atom. The summed E-state index contributed by atoms with van der Waals surface area (Å²) in [6.07, 6.45) is 2.53. The quantitative estimate of drug-likeness (QED) is 0.904. The van der Waals surface area contributed by atoms with E-state index in [1.807, 2.05) is 18.2 Å². The van der Waals surface area contributed by atoms with Gasteiger partial charge in [-0.1, -0.05) is 12.1 Å². The van der Waals surface area contributed by atoms with E-state index >= 15 is 0 Å². The molecule has 2 N–H and O–H groups in total. The molecule has 1 fully saturated rings. The number of nitrogens with zero attached hydrogens (tertiary/aromatic N) is 2. The first-order valence-corrected chi connectivity index (χ1v) is 7.33. The van der Waals surface area contributed by atoms with Crippen molar-refractivity contribution in [2.75, 3.05) is 18.0 Å². The molecule has 3 rings (SSSR count). The van der Waals surface area contributed by atoms with Crippen molar-refractivity contribution in [3.8, 4) is 0 Å². The molecular formula is C14H15BrN4O. The van der Waals surface area contributed by atoms with Crippen molar-refractivity contribution in [1.29, 1.82) is 0 Å². The van der Waals surface area contributed by atoms with Gasteiger partial charge in [0.05, 0.1) is 5.69 Å². The van der Waals surface area contributed by atoms with Crippen LogP contribution < -0.4 is 10.2 Å². The highest BCUT2D eigenvalue weighted by Gasteiger charge is 2.25. The number of amides is 1. The predicted molar refractivity (Wildman–Crippen MR) is 80.8 cm³/mol. The van der Waals surface area contributed by atoms with Crippen molar-refractivity contribution in [3.63, 3.8) is 0 Å². The molecule has 0 saturated carbocycles. The van der Waals surface area contributed by atoms with E-state index in [1.165, 1.54) is 5.69 Å². The number of carbonyl (C=O) groups is 1. The maximum Gasteiger partial charge on any atom is 0.269 e. The molecule has 0 unspecified atom stereocenters. The van der Waals surface area contributed by atoms with Crippen LogP contribution in [0.4, 0.5) is 5.69 Å². The van der Waals surface area contributed by atoms with Crippen LogP contribution in [0.25, 0.3) is 0 Å². The van der Waals surface area contributed by atoms with Crippen LogP contribution in [-0.4, -0.2) is 35.2 Å². The number of hydrogen-bond acceptors (Lipinski definition) is 3. The average Bonchev–Trinajstić information content (AvgIpc) is 3.10. The van der Waals surface area contributed by atoms with Gasteiger partial charge in [-0.3, -0.25) is 9.89 Å². The number of aromatic amines is 1. The van der Waals surface area contributed by atoms with Gasteiger partial charge in [0, 0.05) is 29.8 Å². The monoisotopic (exact) mass is 334 g/mol. The SMILES string of the molecule is O=C(N[C@@H]1CCN(c2ccccc2Br)C1)c1ccn[nH]1. The molecule has 2 aromatic rings. The molecule has 6 heteroatoms. The third-order valence-corrected chi connectivity index (χ3v) is 4.13. The summed E-state index contributed by atoms with van der Waals surface area (Å²) in [5, 5.41) is 9.50. The van der Waals surface area contributed by atoms with E-state index in [1.54, 1.807) is 12.3 Å². The van der Waals surface area contributed by atoms with E-state index < -0.39 is 0 Å². The van der Waals surface area contributed by atoms with Crippen LogP contribution in [0.3, 0.4) is 0 Å². The smallest absolute Gasteiger partial charge is 0.269 e. The Labute approximate surface area is 125 Å². The van der Waals surface area contributed by atoms with Gasteiger partial charge in [-0.2, -0.15) is 5.10 Å². The Hall–Kier alpha value is -1.82. The van der Waals surface area contributed by atoms with Crippen LogP contribution in [0.2, 0.25) is 0 Å². The van der Waals surface area contributed by atoms with Crippen molar-refractivity contribution >= 4 is 27.5 Å². The van der Waals surface area contributed by atoms with Crippen LogP contribution in [0.1, 0.15) is 16.9 Å². The molecule has 5 nitrogen and oxygen atoms in total.